The zero-order valence-corrected chi connectivity index (χ0v) is 8.42. The van der Waals surface area contributed by atoms with Gasteiger partial charge in [0.15, 0.2) is 12.6 Å². The molecule has 4 heteroatoms. The number of aliphatic hydroxyl groups excluding tert-OH is 1. The molecule has 0 spiro atoms. The van der Waals surface area contributed by atoms with Gasteiger partial charge < -0.3 is 19.3 Å². The second-order valence-corrected chi connectivity index (χ2v) is 4.65. The van der Waals surface area contributed by atoms with Gasteiger partial charge in [0, 0.05) is 18.3 Å². The molecule has 7 atom stereocenters. The SMILES string of the molecule is C[C@H]1[C@H]2O[C@@H]3OC(O)CC(O[C@@H]31)[C@@H]2C. The van der Waals surface area contributed by atoms with Crippen LogP contribution in [0.2, 0.25) is 0 Å². The first-order valence-electron chi connectivity index (χ1n) is 5.31. The van der Waals surface area contributed by atoms with Gasteiger partial charge in [-0.15, -0.1) is 0 Å². The Labute approximate surface area is 83.1 Å². The van der Waals surface area contributed by atoms with E-state index in [0.717, 1.165) is 0 Å². The van der Waals surface area contributed by atoms with Crippen LogP contribution >= 0.6 is 0 Å². The Morgan fingerprint density at radius 2 is 1.79 bits per heavy atom. The summed E-state index contributed by atoms with van der Waals surface area (Å²) in [4.78, 5) is 0. The highest BCUT2D eigenvalue weighted by Crippen LogP contribution is 2.45. The molecule has 3 saturated heterocycles. The Balaban J connectivity index is 1.94. The van der Waals surface area contributed by atoms with E-state index in [0.29, 0.717) is 18.3 Å². The van der Waals surface area contributed by atoms with E-state index in [2.05, 4.69) is 13.8 Å². The van der Waals surface area contributed by atoms with Gasteiger partial charge in [-0.2, -0.15) is 0 Å². The molecule has 3 rings (SSSR count). The largest absolute Gasteiger partial charge is 0.369 e. The lowest BCUT2D eigenvalue weighted by molar-refractivity contribution is -0.233. The van der Waals surface area contributed by atoms with Gasteiger partial charge in [-0.05, 0) is 0 Å². The lowest BCUT2D eigenvalue weighted by atomic mass is 9.84. The predicted octanol–water partition coefficient (Wildman–Crippen LogP) is 0.490. The highest BCUT2D eigenvalue weighted by Gasteiger charge is 2.55. The normalized spacial score (nSPS) is 61.5. The third-order valence-corrected chi connectivity index (χ3v) is 3.76. The Morgan fingerprint density at radius 3 is 2.57 bits per heavy atom. The van der Waals surface area contributed by atoms with E-state index < -0.39 is 6.29 Å². The van der Waals surface area contributed by atoms with Gasteiger partial charge in [-0.3, -0.25) is 0 Å². The molecule has 3 fully saturated rings. The first kappa shape index (κ1) is 9.09. The molecule has 3 aliphatic heterocycles. The zero-order valence-electron chi connectivity index (χ0n) is 8.42. The lowest BCUT2D eigenvalue weighted by Gasteiger charge is -2.36. The molecule has 2 unspecified atom stereocenters. The van der Waals surface area contributed by atoms with Crippen molar-refractivity contribution in [2.45, 2.75) is 51.2 Å². The van der Waals surface area contributed by atoms with Crippen molar-refractivity contribution in [3.05, 3.63) is 0 Å². The van der Waals surface area contributed by atoms with Gasteiger partial charge in [-0.25, -0.2) is 0 Å². The average Bonchev–Trinajstić information content (AvgIpc) is 2.32. The number of hydrogen-bond donors (Lipinski definition) is 1. The van der Waals surface area contributed by atoms with E-state index in [4.69, 9.17) is 14.2 Å². The summed E-state index contributed by atoms with van der Waals surface area (Å²) in [5.41, 5.74) is 0. The molecular formula is C10H16O4. The van der Waals surface area contributed by atoms with Crippen LogP contribution in [-0.4, -0.2) is 36.0 Å². The van der Waals surface area contributed by atoms with Gasteiger partial charge in [0.2, 0.25) is 0 Å². The monoisotopic (exact) mass is 200 g/mol. The van der Waals surface area contributed by atoms with Crippen molar-refractivity contribution < 1.29 is 19.3 Å². The fourth-order valence-corrected chi connectivity index (χ4v) is 2.91. The fourth-order valence-electron chi connectivity index (χ4n) is 2.91. The van der Waals surface area contributed by atoms with Gasteiger partial charge in [0.1, 0.15) is 6.10 Å². The minimum atomic E-state index is -0.733. The van der Waals surface area contributed by atoms with E-state index in [1.54, 1.807) is 0 Å². The molecule has 0 radical (unpaired) electrons. The highest BCUT2D eigenvalue weighted by atomic mass is 16.8. The molecule has 0 aromatic heterocycles. The molecule has 14 heavy (non-hydrogen) atoms. The minimum absolute atomic E-state index is 0.0124. The number of aliphatic hydroxyl groups is 1. The van der Waals surface area contributed by atoms with Crippen molar-refractivity contribution >= 4 is 0 Å². The molecule has 0 amide bonds. The Hall–Kier alpha value is -0.160. The van der Waals surface area contributed by atoms with Crippen molar-refractivity contribution in [1.82, 2.24) is 0 Å². The summed E-state index contributed by atoms with van der Waals surface area (Å²) >= 11 is 0. The summed E-state index contributed by atoms with van der Waals surface area (Å²) in [5, 5.41) is 9.55. The highest BCUT2D eigenvalue weighted by molar-refractivity contribution is 4.97. The lowest BCUT2D eigenvalue weighted by Crippen LogP contribution is -2.44. The molecule has 80 valence electrons. The van der Waals surface area contributed by atoms with Crippen molar-refractivity contribution in [3.63, 3.8) is 0 Å². The molecule has 4 nitrogen and oxygen atoms in total. The third-order valence-electron chi connectivity index (χ3n) is 3.76. The molecule has 0 saturated carbocycles. The van der Waals surface area contributed by atoms with Gasteiger partial charge in [0.05, 0.1) is 12.2 Å². The molecule has 0 aliphatic carbocycles. The van der Waals surface area contributed by atoms with Crippen LogP contribution in [0.5, 0.6) is 0 Å². The van der Waals surface area contributed by atoms with E-state index in [1.165, 1.54) is 0 Å². The molecular weight excluding hydrogens is 184 g/mol. The van der Waals surface area contributed by atoms with Crippen LogP contribution in [0.3, 0.4) is 0 Å². The minimum Gasteiger partial charge on any atom is -0.369 e. The number of rotatable bonds is 0. The average molecular weight is 200 g/mol. The summed E-state index contributed by atoms with van der Waals surface area (Å²) in [5.74, 6) is 0.723. The maximum absolute atomic E-state index is 9.55. The maximum Gasteiger partial charge on any atom is 0.187 e. The predicted molar refractivity (Wildman–Crippen MR) is 47.4 cm³/mol. The van der Waals surface area contributed by atoms with Crippen molar-refractivity contribution in [2.75, 3.05) is 0 Å². The second kappa shape index (κ2) is 2.92. The van der Waals surface area contributed by atoms with Crippen LogP contribution in [0, 0.1) is 11.8 Å². The molecule has 0 aromatic rings. The number of ether oxygens (including phenoxy) is 3. The van der Waals surface area contributed by atoms with Crippen LogP contribution in [0.1, 0.15) is 20.3 Å². The fraction of sp³-hybridized carbons (Fsp3) is 1.00. The summed E-state index contributed by atoms with van der Waals surface area (Å²) in [6.07, 6.45) is -0.192. The van der Waals surface area contributed by atoms with Gasteiger partial charge in [0.25, 0.3) is 0 Å². The van der Waals surface area contributed by atoms with E-state index >= 15 is 0 Å². The first-order valence-corrected chi connectivity index (χ1v) is 5.31. The van der Waals surface area contributed by atoms with E-state index in [9.17, 15) is 5.11 Å². The molecule has 1 N–H and O–H groups in total. The molecule has 3 aliphatic rings. The Bertz CT molecular complexity index is 240. The topological polar surface area (TPSA) is 47.9 Å². The van der Waals surface area contributed by atoms with Crippen LogP contribution < -0.4 is 0 Å². The number of fused-ring (bicyclic) bond motifs is 2. The van der Waals surface area contributed by atoms with Crippen LogP contribution in [0.4, 0.5) is 0 Å². The van der Waals surface area contributed by atoms with Crippen LogP contribution in [0.25, 0.3) is 0 Å². The molecule has 3 heterocycles. The summed E-state index contributed by atoms with van der Waals surface area (Å²) in [6.45, 7) is 4.26. The standard InChI is InChI=1S/C10H16O4/c1-4-6-3-7(11)13-10-9(12-6)5(2)8(4)14-10/h4-11H,3H2,1-2H3/t4-,5-,6?,7?,8-,9+,10-/m0/s1. The van der Waals surface area contributed by atoms with Crippen LogP contribution in [0.15, 0.2) is 0 Å². The molecule has 3 bridgehead atoms. The smallest absolute Gasteiger partial charge is 0.187 e. The zero-order chi connectivity index (χ0) is 9.87. The number of hydrogen-bond acceptors (Lipinski definition) is 4. The summed E-state index contributed by atoms with van der Waals surface area (Å²) in [7, 11) is 0. The molecule has 0 aromatic carbocycles. The summed E-state index contributed by atoms with van der Waals surface area (Å²) < 4.78 is 17.0. The van der Waals surface area contributed by atoms with E-state index in [-0.39, 0.29) is 24.6 Å². The first-order chi connectivity index (χ1) is 6.66. The van der Waals surface area contributed by atoms with Crippen molar-refractivity contribution in [2.24, 2.45) is 11.8 Å². The van der Waals surface area contributed by atoms with Crippen molar-refractivity contribution in [3.8, 4) is 0 Å². The van der Waals surface area contributed by atoms with E-state index in [1.807, 2.05) is 0 Å². The van der Waals surface area contributed by atoms with Crippen molar-refractivity contribution in [1.29, 1.82) is 0 Å². The Morgan fingerprint density at radius 1 is 1.00 bits per heavy atom. The van der Waals surface area contributed by atoms with Gasteiger partial charge in [-0.1, -0.05) is 13.8 Å². The quantitative estimate of drug-likeness (QED) is 0.618. The van der Waals surface area contributed by atoms with Crippen LogP contribution in [-0.2, 0) is 14.2 Å². The Kier molecular flexibility index (Phi) is 1.89. The van der Waals surface area contributed by atoms with Gasteiger partial charge >= 0.3 is 0 Å². The summed E-state index contributed by atoms with van der Waals surface area (Å²) in [6, 6.07) is 0. The maximum atomic E-state index is 9.55. The third kappa shape index (κ3) is 1.08. The second-order valence-electron chi connectivity index (χ2n) is 4.65.